The molecule has 0 fully saturated rings. The Morgan fingerprint density at radius 2 is 0.790 bits per heavy atom. The molecule has 0 radical (unpaired) electrons. The molecule has 9 aromatic carbocycles. The van der Waals surface area contributed by atoms with Crippen LogP contribution in [0.2, 0.25) is 0 Å². The number of rotatable bonds is 6. The van der Waals surface area contributed by atoms with Gasteiger partial charge in [-0.15, -0.1) is 0 Å². The van der Waals surface area contributed by atoms with E-state index >= 15 is 0 Å². The van der Waals surface area contributed by atoms with Gasteiger partial charge in [0.1, 0.15) is 18.2 Å². The fraction of sp³-hybridized carbons (Fsp3) is 0.0678. The standard InChI is InChI=1S/C59H43N3/c1-5-20-40(21-6-1)41-36-38-43(39-37-41)56-60-55(42-22-7-2-8-23-42)61-57(62-56)47-29-19-35-53-54(47)46-28-13-14-30-48(46)59(53)51-33-17-15-31-49(51)58(44-24-9-3-10-25-44,45-26-11-4-12-27-45)50-32-16-18-34-52(50)59/h1-39,55-56,60H,(H,61,62). The third-order valence-electron chi connectivity index (χ3n) is 13.5. The van der Waals surface area contributed by atoms with Crippen LogP contribution in [0.5, 0.6) is 0 Å². The number of aliphatic imine (C=N–C) groups is 1. The third kappa shape index (κ3) is 5.32. The smallest absolute Gasteiger partial charge is 0.132 e. The van der Waals surface area contributed by atoms with E-state index in [1.165, 1.54) is 66.8 Å². The molecule has 2 unspecified atom stereocenters. The number of nitrogens with zero attached hydrogens (tertiary/aromatic N) is 1. The van der Waals surface area contributed by atoms with E-state index < -0.39 is 10.8 Å². The lowest BCUT2D eigenvalue weighted by molar-refractivity contribution is 0.409. The van der Waals surface area contributed by atoms with E-state index in [4.69, 9.17) is 4.99 Å². The van der Waals surface area contributed by atoms with Crippen LogP contribution in [0, 0.1) is 0 Å². The lowest BCUT2D eigenvalue weighted by atomic mass is 9.51. The maximum absolute atomic E-state index is 5.53. The van der Waals surface area contributed by atoms with Crippen LogP contribution in [0.1, 0.15) is 73.5 Å². The van der Waals surface area contributed by atoms with Gasteiger partial charge in [-0.3, -0.25) is 5.32 Å². The highest BCUT2D eigenvalue weighted by Crippen LogP contribution is 2.64. The lowest BCUT2D eigenvalue weighted by Gasteiger charge is -2.50. The minimum absolute atomic E-state index is 0.188. The Morgan fingerprint density at radius 1 is 0.339 bits per heavy atom. The number of fused-ring (bicyclic) bond motifs is 9. The van der Waals surface area contributed by atoms with Gasteiger partial charge in [0.2, 0.25) is 0 Å². The van der Waals surface area contributed by atoms with E-state index in [9.17, 15) is 0 Å². The van der Waals surface area contributed by atoms with E-state index in [0.29, 0.717) is 0 Å². The van der Waals surface area contributed by atoms with Gasteiger partial charge in [-0.1, -0.05) is 237 Å². The summed E-state index contributed by atoms with van der Waals surface area (Å²) < 4.78 is 0. The second-order valence-electron chi connectivity index (χ2n) is 16.6. The molecule has 1 spiro atoms. The number of nitrogens with one attached hydrogen (secondary N) is 2. The summed E-state index contributed by atoms with van der Waals surface area (Å²) in [5, 5.41) is 7.79. The van der Waals surface area contributed by atoms with Gasteiger partial charge >= 0.3 is 0 Å². The first-order valence-corrected chi connectivity index (χ1v) is 21.6. The molecule has 2 aliphatic carbocycles. The van der Waals surface area contributed by atoms with E-state index in [0.717, 1.165) is 22.5 Å². The molecule has 0 aromatic heterocycles. The molecule has 3 heteroatoms. The average Bonchev–Trinajstić information content (AvgIpc) is 3.66. The van der Waals surface area contributed by atoms with Crippen molar-refractivity contribution in [3.8, 4) is 22.3 Å². The van der Waals surface area contributed by atoms with Gasteiger partial charge in [-0.2, -0.15) is 0 Å². The summed E-state index contributed by atoms with van der Waals surface area (Å²) in [5.74, 6) is 0.874. The molecule has 3 nitrogen and oxygen atoms in total. The molecule has 2 atom stereocenters. The van der Waals surface area contributed by atoms with Crippen molar-refractivity contribution >= 4 is 5.84 Å². The van der Waals surface area contributed by atoms with Gasteiger partial charge in [-0.05, 0) is 77.9 Å². The molecular weight excluding hydrogens is 751 g/mol. The predicted molar refractivity (Wildman–Crippen MR) is 252 cm³/mol. The second-order valence-corrected chi connectivity index (χ2v) is 16.6. The van der Waals surface area contributed by atoms with Crippen molar-refractivity contribution in [3.05, 3.63) is 298 Å². The highest BCUT2D eigenvalue weighted by Gasteiger charge is 2.57. The summed E-state index contributed by atoms with van der Waals surface area (Å²) in [5.41, 5.74) is 17.3. The summed E-state index contributed by atoms with van der Waals surface area (Å²) in [4.78, 5) is 5.53. The molecule has 9 aromatic rings. The Balaban J connectivity index is 1.09. The third-order valence-corrected chi connectivity index (χ3v) is 13.5. The molecule has 2 N–H and O–H groups in total. The normalized spacial score (nSPS) is 17.5. The van der Waals surface area contributed by atoms with Crippen LogP contribution < -0.4 is 10.6 Å². The maximum Gasteiger partial charge on any atom is 0.132 e. The Hall–Kier alpha value is -7.59. The molecule has 12 rings (SSSR count). The summed E-state index contributed by atoms with van der Waals surface area (Å²) in [6, 6.07) is 86.8. The molecule has 0 saturated heterocycles. The van der Waals surface area contributed by atoms with Gasteiger partial charge in [0, 0.05) is 5.56 Å². The van der Waals surface area contributed by atoms with Gasteiger partial charge < -0.3 is 5.32 Å². The van der Waals surface area contributed by atoms with Crippen molar-refractivity contribution in [2.75, 3.05) is 0 Å². The maximum atomic E-state index is 5.53. The van der Waals surface area contributed by atoms with E-state index in [-0.39, 0.29) is 12.3 Å². The van der Waals surface area contributed by atoms with Crippen LogP contribution in [-0.4, -0.2) is 5.84 Å². The van der Waals surface area contributed by atoms with Gasteiger partial charge in [0.05, 0.1) is 10.8 Å². The largest absolute Gasteiger partial charge is 0.350 e. The van der Waals surface area contributed by atoms with Gasteiger partial charge in [0.25, 0.3) is 0 Å². The van der Waals surface area contributed by atoms with Crippen molar-refractivity contribution in [2.24, 2.45) is 4.99 Å². The van der Waals surface area contributed by atoms with Crippen LogP contribution in [0.15, 0.2) is 242 Å². The first-order chi connectivity index (χ1) is 30.8. The number of hydrogen-bond donors (Lipinski definition) is 2. The summed E-state index contributed by atoms with van der Waals surface area (Å²) in [7, 11) is 0. The zero-order chi connectivity index (χ0) is 41.1. The number of hydrogen-bond acceptors (Lipinski definition) is 3. The average molecular weight is 794 g/mol. The molecule has 0 saturated carbocycles. The number of amidine groups is 1. The topological polar surface area (TPSA) is 36.4 Å². The summed E-state index contributed by atoms with van der Waals surface area (Å²) in [6.45, 7) is 0. The van der Waals surface area contributed by atoms with Crippen LogP contribution in [-0.2, 0) is 10.8 Å². The van der Waals surface area contributed by atoms with Crippen LogP contribution in [0.3, 0.4) is 0 Å². The highest BCUT2D eigenvalue weighted by molar-refractivity contribution is 6.08. The second kappa shape index (κ2) is 14.6. The summed E-state index contributed by atoms with van der Waals surface area (Å²) >= 11 is 0. The lowest BCUT2D eigenvalue weighted by Crippen LogP contribution is -2.45. The Kier molecular flexibility index (Phi) is 8.51. The van der Waals surface area contributed by atoms with Gasteiger partial charge in [-0.25, -0.2) is 4.99 Å². The Labute approximate surface area is 363 Å². The van der Waals surface area contributed by atoms with E-state index in [2.05, 4.69) is 247 Å². The van der Waals surface area contributed by atoms with Crippen LogP contribution in [0.25, 0.3) is 22.3 Å². The molecule has 1 heterocycles. The zero-order valence-electron chi connectivity index (χ0n) is 34.1. The van der Waals surface area contributed by atoms with Crippen molar-refractivity contribution in [3.63, 3.8) is 0 Å². The number of benzene rings is 9. The van der Waals surface area contributed by atoms with Crippen molar-refractivity contribution in [1.82, 2.24) is 10.6 Å². The minimum atomic E-state index is -0.596. The molecule has 0 amide bonds. The van der Waals surface area contributed by atoms with Crippen molar-refractivity contribution < 1.29 is 0 Å². The molecule has 294 valence electrons. The fourth-order valence-electron chi connectivity index (χ4n) is 11.0. The van der Waals surface area contributed by atoms with Crippen molar-refractivity contribution in [2.45, 2.75) is 23.2 Å². The monoisotopic (exact) mass is 793 g/mol. The molecule has 1 aliphatic heterocycles. The molecule has 0 bridgehead atoms. The van der Waals surface area contributed by atoms with Crippen LogP contribution >= 0.6 is 0 Å². The summed E-state index contributed by atoms with van der Waals surface area (Å²) in [6.07, 6.45) is -0.450. The highest BCUT2D eigenvalue weighted by atomic mass is 15.3. The first-order valence-electron chi connectivity index (χ1n) is 21.6. The van der Waals surface area contributed by atoms with Crippen molar-refractivity contribution in [1.29, 1.82) is 0 Å². The molecule has 3 aliphatic rings. The SMILES string of the molecule is c1ccc(-c2ccc(C3NC(c4cccc5c4-c4ccccc4C54c5ccccc5C(c5ccccc5)(c5ccccc5)c5ccccc54)=NC(c4ccccc4)N3)cc2)cc1. The molecule has 62 heavy (non-hydrogen) atoms. The van der Waals surface area contributed by atoms with Gasteiger partial charge in [0.15, 0.2) is 0 Å². The quantitative estimate of drug-likeness (QED) is 0.176. The van der Waals surface area contributed by atoms with E-state index in [1.807, 2.05) is 0 Å². The Bertz CT molecular complexity index is 3030. The Morgan fingerprint density at radius 3 is 1.39 bits per heavy atom. The van der Waals surface area contributed by atoms with Crippen LogP contribution in [0.4, 0.5) is 0 Å². The fourth-order valence-corrected chi connectivity index (χ4v) is 11.0. The first kappa shape index (κ1) is 36.3. The van der Waals surface area contributed by atoms with E-state index in [1.54, 1.807) is 0 Å². The zero-order valence-corrected chi connectivity index (χ0v) is 34.1. The predicted octanol–water partition coefficient (Wildman–Crippen LogP) is 12.7. The minimum Gasteiger partial charge on any atom is -0.350 e. The molecular formula is C59H43N3.